The molecule has 0 aliphatic carbocycles. The minimum absolute atomic E-state index is 0.169. The number of piperazine rings is 1. The van der Waals surface area contributed by atoms with E-state index < -0.39 is 50.4 Å². The second-order valence-electron chi connectivity index (χ2n) is 4.42. The van der Waals surface area contributed by atoms with Gasteiger partial charge >= 0.3 is 0 Å². The van der Waals surface area contributed by atoms with Crippen LogP contribution in [0.1, 0.15) is 5.56 Å². The lowest BCUT2D eigenvalue weighted by molar-refractivity contribution is -0.387. The fraction of sp³-hybridized carbons (Fsp3) is 0.273. The summed E-state index contributed by atoms with van der Waals surface area (Å²) in [5.41, 5.74) is -0.420. The van der Waals surface area contributed by atoms with E-state index in [1.54, 1.807) is 0 Å². The molecule has 1 aliphatic heterocycles. The number of nitro groups is 1. The Bertz CT molecular complexity index is 726. The highest BCUT2D eigenvalue weighted by Crippen LogP contribution is 2.29. The Morgan fingerprint density at radius 2 is 1.81 bits per heavy atom. The van der Waals surface area contributed by atoms with Crippen molar-refractivity contribution in [1.29, 1.82) is 0 Å². The first-order chi connectivity index (χ1) is 9.73. The molecule has 1 heterocycles. The van der Waals surface area contributed by atoms with Crippen LogP contribution in [-0.2, 0) is 19.6 Å². The maximum absolute atomic E-state index is 12.5. The summed E-state index contributed by atoms with van der Waals surface area (Å²) >= 11 is 0. The fourth-order valence-corrected chi connectivity index (χ4v) is 3.74. The molecule has 0 aromatic heterocycles. The molecule has 0 atom stereocenters. The molecule has 112 valence electrons. The van der Waals surface area contributed by atoms with Crippen molar-refractivity contribution in [3.8, 4) is 0 Å². The standard InChI is InChI=1S/C11H11N3O6S/c1-7-3-2-4-8(14(17)18)11(7)21(19,20)13-5-9(15)12-10(16)6-13/h2-4H,5-6H2,1H3,(H,12,15,16). The molecule has 10 heteroatoms. The van der Waals surface area contributed by atoms with Gasteiger partial charge in [0.05, 0.1) is 18.0 Å². The Morgan fingerprint density at radius 3 is 2.33 bits per heavy atom. The van der Waals surface area contributed by atoms with Gasteiger partial charge in [0.2, 0.25) is 11.8 Å². The van der Waals surface area contributed by atoms with Crippen molar-refractivity contribution in [2.75, 3.05) is 13.1 Å². The third-order valence-corrected chi connectivity index (χ3v) is 4.89. The Balaban J connectivity index is 2.57. The van der Waals surface area contributed by atoms with Crippen LogP contribution in [0.25, 0.3) is 0 Å². The van der Waals surface area contributed by atoms with Crippen LogP contribution in [0.15, 0.2) is 23.1 Å². The van der Waals surface area contributed by atoms with Gasteiger partial charge in [0.25, 0.3) is 15.7 Å². The van der Waals surface area contributed by atoms with E-state index in [2.05, 4.69) is 0 Å². The van der Waals surface area contributed by atoms with Crippen molar-refractivity contribution < 1.29 is 22.9 Å². The monoisotopic (exact) mass is 313 g/mol. The Kier molecular flexibility index (Phi) is 3.75. The van der Waals surface area contributed by atoms with Gasteiger partial charge in [-0.15, -0.1) is 0 Å². The number of nitrogens with one attached hydrogen (secondary N) is 1. The van der Waals surface area contributed by atoms with Crippen LogP contribution in [0.5, 0.6) is 0 Å². The van der Waals surface area contributed by atoms with Gasteiger partial charge in [-0.2, -0.15) is 4.31 Å². The Labute approximate surface area is 119 Å². The third kappa shape index (κ3) is 2.76. The van der Waals surface area contributed by atoms with Crippen molar-refractivity contribution >= 4 is 27.5 Å². The zero-order chi connectivity index (χ0) is 15.8. The molecule has 1 saturated heterocycles. The molecule has 9 nitrogen and oxygen atoms in total. The summed E-state index contributed by atoms with van der Waals surface area (Å²) in [5.74, 6) is -1.54. The maximum Gasteiger partial charge on any atom is 0.289 e. The van der Waals surface area contributed by atoms with E-state index in [1.807, 2.05) is 5.32 Å². The summed E-state index contributed by atoms with van der Waals surface area (Å²) in [6, 6.07) is 3.83. The first kappa shape index (κ1) is 15.1. The molecule has 1 fully saturated rings. The molecule has 1 aromatic carbocycles. The number of rotatable bonds is 3. The van der Waals surface area contributed by atoms with Crippen molar-refractivity contribution in [3.05, 3.63) is 33.9 Å². The zero-order valence-corrected chi connectivity index (χ0v) is 11.7. The molecule has 1 aromatic rings. The lowest BCUT2D eigenvalue weighted by atomic mass is 10.2. The third-order valence-electron chi connectivity index (χ3n) is 2.90. The number of hydrogen-bond acceptors (Lipinski definition) is 6. The Hall–Kier alpha value is -2.33. The molecular formula is C11H11N3O6S. The molecule has 0 unspecified atom stereocenters. The summed E-state index contributed by atoms with van der Waals surface area (Å²) in [7, 11) is -4.32. The summed E-state index contributed by atoms with van der Waals surface area (Å²) in [6.45, 7) is 0.296. The van der Waals surface area contributed by atoms with Crippen molar-refractivity contribution in [2.24, 2.45) is 0 Å². The number of benzene rings is 1. The highest BCUT2D eigenvalue weighted by Gasteiger charge is 2.37. The van der Waals surface area contributed by atoms with Gasteiger partial charge in [0.1, 0.15) is 0 Å². The topological polar surface area (TPSA) is 127 Å². The zero-order valence-electron chi connectivity index (χ0n) is 10.9. The van der Waals surface area contributed by atoms with Gasteiger partial charge in [0, 0.05) is 6.07 Å². The maximum atomic E-state index is 12.5. The van der Waals surface area contributed by atoms with Crippen LogP contribution in [0, 0.1) is 17.0 Å². The van der Waals surface area contributed by atoms with Crippen LogP contribution >= 0.6 is 0 Å². The second kappa shape index (κ2) is 5.22. The van der Waals surface area contributed by atoms with Gasteiger partial charge in [-0.05, 0) is 12.5 Å². The van der Waals surface area contributed by atoms with Crippen molar-refractivity contribution in [2.45, 2.75) is 11.8 Å². The first-order valence-electron chi connectivity index (χ1n) is 5.80. The average Bonchev–Trinajstić information content (AvgIpc) is 2.36. The largest absolute Gasteiger partial charge is 0.294 e. The van der Waals surface area contributed by atoms with Crippen LogP contribution in [0.3, 0.4) is 0 Å². The van der Waals surface area contributed by atoms with Gasteiger partial charge in [-0.25, -0.2) is 8.42 Å². The molecule has 2 rings (SSSR count). The molecule has 2 amide bonds. The molecule has 0 saturated carbocycles. The molecule has 1 N–H and O–H groups in total. The summed E-state index contributed by atoms with van der Waals surface area (Å²) < 4.78 is 25.7. The van der Waals surface area contributed by atoms with Crippen LogP contribution in [0.4, 0.5) is 5.69 Å². The smallest absolute Gasteiger partial charge is 0.289 e. The van der Waals surface area contributed by atoms with Gasteiger partial charge in [-0.1, -0.05) is 12.1 Å². The average molecular weight is 313 g/mol. The van der Waals surface area contributed by atoms with E-state index in [0.29, 0.717) is 4.31 Å². The predicted molar refractivity (Wildman–Crippen MR) is 69.7 cm³/mol. The highest BCUT2D eigenvalue weighted by molar-refractivity contribution is 7.89. The van der Waals surface area contributed by atoms with E-state index in [1.165, 1.54) is 19.1 Å². The first-order valence-corrected chi connectivity index (χ1v) is 7.24. The van der Waals surface area contributed by atoms with E-state index in [0.717, 1.165) is 6.07 Å². The SMILES string of the molecule is Cc1cccc([N+](=O)[O-])c1S(=O)(=O)N1CC(=O)NC(=O)C1. The molecule has 0 radical (unpaired) electrons. The van der Waals surface area contributed by atoms with Crippen LogP contribution in [0.2, 0.25) is 0 Å². The molecule has 21 heavy (non-hydrogen) atoms. The normalized spacial score (nSPS) is 16.6. The minimum atomic E-state index is -4.32. The van der Waals surface area contributed by atoms with Crippen molar-refractivity contribution in [3.63, 3.8) is 0 Å². The van der Waals surface area contributed by atoms with E-state index in [9.17, 15) is 28.1 Å². The number of carbonyl (C=O) groups excluding carboxylic acids is 2. The number of nitrogens with zero attached hydrogens (tertiary/aromatic N) is 2. The van der Waals surface area contributed by atoms with Gasteiger partial charge in [-0.3, -0.25) is 25.0 Å². The summed E-state index contributed by atoms with van der Waals surface area (Å²) in [6.07, 6.45) is 0. The predicted octanol–water partition coefficient (Wildman–Crippen LogP) is -0.450. The van der Waals surface area contributed by atoms with Crippen molar-refractivity contribution in [1.82, 2.24) is 9.62 Å². The van der Waals surface area contributed by atoms with Crippen LogP contribution in [-0.4, -0.2) is 42.6 Å². The number of imide groups is 1. The number of sulfonamides is 1. The van der Waals surface area contributed by atoms with Crippen LogP contribution < -0.4 is 5.32 Å². The Morgan fingerprint density at radius 1 is 1.24 bits per heavy atom. The minimum Gasteiger partial charge on any atom is -0.294 e. The summed E-state index contributed by atoms with van der Waals surface area (Å²) in [5, 5.41) is 13.0. The van der Waals surface area contributed by atoms with Gasteiger partial charge < -0.3 is 0 Å². The quantitative estimate of drug-likeness (QED) is 0.457. The van der Waals surface area contributed by atoms with E-state index >= 15 is 0 Å². The summed E-state index contributed by atoms with van der Waals surface area (Å²) in [4.78, 5) is 32.3. The number of hydrogen-bond donors (Lipinski definition) is 1. The fourth-order valence-electron chi connectivity index (χ4n) is 2.03. The van der Waals surface area contributed by atoms with E-state index in [4.69, 9.17) is 0 Å². The lowest BCUT2D eigenvalue weighted by Gasteiger charge is -2.25. The molecular weight excluding hydrogens is 302 g/mol. The molecule has 1 aliphatic rings. The molecule has 0 bridgehead atoms. The second-order valence-corrected chi connectivity index (χ2v) is 6.30. The number of aryl methyl sites for hydroxylation is 1. The number of nitro benzene ring substituents is 1. The highest BCUT2D eigenvalue weighted by atomic mass is 32.2. The molecule has 0 spiro atoms. The van der Waals surface area contributed by atoms with E-state index in [-0.39, 0.29) is 5.56 Å². The number of amides is 2. The van der Waals surface area contributed by atoms with Gasteiger partial charge in [0.15, 0.2) is 4.90 Å². The number of carbonyl (C=O) groups is 2. The lowest BCUT2D eigenvalue weighted by Crippen LogP contribution is -2.53.